The zero-order valence-electron chi connectivity index (χ0n) is 18.2. The van der Waals surface area contributed by atoms with Crippen LogP contribution in [0, 0.1) is 0 Å². The van der Waals surface area contributed by atoms with E-state index in [1.807, 2.05) is 48.3 Å². The van der Waals surface area contributed by atoms with Crippen molar-refractivity contribution in [1.29, 1.82) is 0 Å². The highest BCUT2D eigenvalue weighted by molar-refractivity contribution is 6.01. The minimum Gasteiger partial charge on any atom is -0.504 e. The summed E-state index contributed by atoms with van der Waals surface area (Å²) in [5.41, 5.74) is 3.04. The molecule has 0 spiro atoms. The fourth-order valence-electron chi connectivity index (χ4n) is 3.71. The average molecular weight is 437 g/mol. The van der Waals surface area contributed by atoms with Crippen LogP contribution >= 0.6 is 0 Å². The Balaban J connectivity index is 1.59. The molecule has 32 heavy (non-hydrogen) atoms. The molecule has 8 heteroatoms. The van der Waals surface area contributed by atoms with Gasteiger partial charge in [-0.3, -0.25) is 4.79 Å². The smallest absolute Gasteiger partial charge is 0.253 e. The number of hydrogen-bond donors (Lipinski definition) is 2. The summed E-state index contributed by atoms with van der Waals surface area (Å²) in [4.78, 5) is 17.3. The first kappa shape index (κ1) is 21.6. The molecule has 168 valence electrons. The van der Waals surface area contributed by atoms with E-state index in [-0.39, 0.29) is 18.2 Å². The van der Waals surface area contributed by atoms with Crippen LogP contribution < -0.4 is 19.9 Å². The van der Waals surface area contributed by atoms with E-state index < -0.39 is 0 Å². The van der Waals surface area contributed by atoms with Gasteiger partial charge < -0.3 is 34.1 Å². The van der Waals surface area contributed by atoms with Crippen molar-refractivity contribution in [2.75, 3.05) is 50.3 Å². The third-order valence-electron chi connectivity index (χ3n) is 5.50. The molecular weight excluding hydrogens is 410 g/mol. The van der Waals surface area contributed by atoms with Crippen molar-refractivity contribution in [2.45, 2.75) is 6.54 Å². The number of nitrogens with one attached hydrogen (secondary N) is 1. The number of anilines is 3. The van der Waals surface area contributed by atoms with Crippen LogP contribution in [0.2, 0.25) is 0 Å². The molecule has 1 aliphatic heterocycles. The van der Waals surface area contributed by atoms with Crippen LogP contribution in [0.25, 0.3) is 0 Å². The summed E-state index contributed by atoms with van der Waals surface area (Å²) >= 11 is 0. The van der Waals surface area contributed by atoms with Gasteiger partial charge in [0, 0.05) is 44.1 Å². The van der Waals surface area contributed by atoms with Crippen molar-refractivity contribution < 1.29 is 23.8 Å². The number of hydrogen-bond acceptors (Lipinski definition) is 7. The van der Waals surface area contributed by atoms with Crippen LogP contribution in [0.15, 0.2) is 59.2 Å². The van der Waals surface area contributed by atoms with E-state index in [1.165, 1.54) is 7.11 Å². The maximum atomic E-state index is 13.3. The molecule has 0 atom stereocenters. The molecule has 2 aromatic carbocycles. The Labute approximate surface area is 187 Å². The highest BCUT2D eigenvalue weighted by atomic mass is 16.5. The van der Waals surface area contributed by atoms with E-state index >= 15 is 0 Å². The van der Waals surface area contributed by atoms with Gasteiger partial charge in [0.2, 0.25) is 0 Å². The number of furan rings is 1. The molecule has 0 radical (unpaired) electrons. The Kier molecular flexibility index (Phi) is 6.51. The van der Waals surface area contributed by atoms with Gasteiger partial charge in [0.1, 0.15) is 0 Å². The Morgan fingerprint density at radius 1 is 1.19 bits per heavy atom. The number of nitrogens with zero attached hydrogens (tertiary/aromatic N) is 2. The third kappa shape index (κ3) is 4.65. The fraction of sp³-hybridized carbons (Fsp3) is 0.292. The number of carbonyl (C=O) groups excluding carboxylic acids is 1. The zero-order valence-corrected chi connectivity index (χ0v) is 18.2. The zero-order chi connectivity index (χ0) is 22.5. The quantitative estimate of drug-likeness (QED) is 0.585. The van der Waals surface area contributed by atoms with Crippen LogP contribution in [-0.2, 0) is 11.3 Å². The minimum absolute atomic E-state index is 0.0373. The molecule has 1 saturated heterocycles. The van der Waals surface area contributed by atoms with Crippen LogP contribution in [0.3, 0.4) is 0 Å². The van der Waals surface area contributed by atoms with Crippen LogP contribution in [-0.4, -0.2) is 51.5 Å². The summed E-state index contributed by atoms with van der Waals surface area (Å²) in [6.45, 7) is 2.97. The van der Waals surface area contributed by atoms with Gasteiger partial charge in [0.05, 0.1) is 32.2 Å². The fourth-order valence-corrected chi connectivity index (χ4v) is 3.71. The normalized spacial score (nSPS) is 13.6. The summed E-state index contributed by atoms with van der Waals surface area (Å²) < 4.78 is 16.0. The van der Waals surface area contributed by atoms with Crippen LogP contribution in [0.1, 0.15) is 15.9 Å². The van der Waals surface area contributed by atoms with E-state index in [2.05, 4.69) is 10.2 Å². The van der Waals surface area contributed by atoms with Crippen molar-refractivity contribution in [3.8, 4) is 11.5 Å². The number of aromatic hydroxyl groups is 1. The van der Waals surface area contributed by atoms with E-state index in [1.54, 1.807) is 18.4 Å². The molecule has 0 unspecified atom stereocenters. The van der Waals surface area contributed by atoms with Gasteiger partial charge in [-0.2, -0.15) is 0 Å². The summed E-state index contributed by atoms with van der Waals surface area (Å²) in [5.74, 6) is 0.916. The first-order valence-electron chi connectivity index (χ1n) is 10.4. The van der Waals surface area contributed by atoms with E-state index in [0.29, 0.717) is 30.4 Å². The van der Waals surface area contributed by atoms with Gasteiger partial charge >= 0.3 is 0 Å². The molecule has 1 aromatic heterocycles. The predicted octanol–water partition coefficient (Wildman–Crippen LogP) is 3.53. The van der Waals surface area contributed by atoms with E-state index in [4.69, 9.17) is 13.9 Å². The van der Waals surface area contributed by atoms with Gasteiger partial charge in [-0.05, 0) is 42.0 Å². The lowest BCUT2D eigenvalue weighted by atomic mass is 10.1. The Morgan fingerprint density at radius 2 is 2.00 bits per heavy atom. The second-order valence-electron chi connectivity index (χ2n) is 7.50. The van der Waals surface area contributed by atoms with Crippen molar-refractivity contribution in [1.82, 2.24) is 5.32 Å². The molecule has 1 fully saturated rings. The molecule has 1 aliphatic rings. The number of ether oxygens (including phenoxy) is 2. The standard InChI is InChI=1S/C24H27N3O5/c1-26(23-4-3-11-32-23)18-6-7-20(27-9-12-31-13-10-27)19(15-18)24(29)25-16-17-5-8-22(30-2)21(28)14-17/h3-8,11,14-15,28H,9-10,12-13,16H2,1-2H3,(H,25,29). The summed E-state index contributed by atoms with van der Waals surface area (Å²) in [6.07, 6.45) is 1.62. The summed E-state index contributed by atoms with van der Waals surface area (Å²) in [5, 5.41) is 13.0. The first-order chi connectivity index (χ1) is 15.6. The van der Waals surface area contributed by atoms with Crippen molar-refractivity contribution in [3.05, 3.63) is 65.9 Å². The van der Waals surface area contributed by atoms with Gasteiger partial charge in [-0.25, -0.2) is 0 Å². The Bertz CT molecular complexity index is 1060. The number of morpholine rings is 1. The molecule has 0 saturated carbocycles. The number of phenols is 1. The second kappa shape index (κ2) is 9.65. The topological polar surface area (TPSA) is 87.4 Å². The number of amides is 1. The molecule has 0 aliphatic carbocycles. The number of carbonyl (C=O) groups is 1. The highest BCUT2D eigenvalue weighted by Crippen LogP contribution is 2.31. The molecule has 2 heterocycles. The molecule has 4 rings (SSSR count). The molecule has 2 N–H and O–H groups in total. The van der Waals surface area contributed by atoms with E-state index in [9.17, 15) is 9.90 Å². The second-order valence-corrected chi connectivity index (χ2v) is 7.50. The third-order valence-corrected chi connectivity index (χ3v) is 5.50. The molecule has 1 amide bonds. The van der Waals surface area contributed by atoms with Crippen molar-refractivity contribution in [2.24, 2.45) is 0 Å². The van der Waals surface area contributed by atoms with Gasteiger partial charge in [0.25, 0.3) is 5.91 Å². The lowest BCUT2D eigenvalue weighted by Gasteiger charge is -2.31. The molecule has 3 aromatic rings. The van der Waals surface area contributed by atoms with Gasteiger partial charge in [0.15, 0.2) is 17.4 Å². The maximum absolute atomic E-state index is 13.3. The lowest BCUT2D eigenvalue weighted by Crippen LogP contribution is -2.38. The van der Waals surface area contributed by atoms with Gasteiger partial charge in [-0.1, -0.05) is 6.07 Å². The van der Waals surface area contributed by atoms with Crippen LogP contribution in [0.4, 0.5) is 17.3 Å². The molecular formula is C24H27N3O5. The number of benzene rings is 2. The minimum atomic E-state index is -0.198. The first-order valence-corrected chi connectivity index (χ1v) is 10.4. The number of rotatable bonds is 7. The Morgan fingerprint density at radius 3 is 2.69 bits per heavy atom. The van der Waals surface area contributed by atoms with E-state index in [0.717, 1.165) is 30.0 Å². The summed E-state index contributed by atoms with van der Waals surface area (Å²) in [7, 11) is 3.39. The van der Waals surface area contributed by atoms with Crippen molar-refractivity contribution >= 4 is 23.2 Å². The number of phenolic OH excluding ortho intramolecular Hbond substituents is 1. The average Bonchev–Trinajstić information content (AvgIpc) is 3.37. The van der Waals surface area contributed by atoms with Crippen molar-refractivity contribution in [3.63, 3.8) is 0 Å². The lowest BCUT2D eigenvalue weighted by molar-refractivity contribution is 0.0949. The molecule has 0 bridgehead atoms. The monoisotopic (exact) mass is 437 g/mol. The maximum Gasteiger partial charge on any atom is 0.253 e. The number of methoxy groups -OCH3 is 1. The summed E-state index contributed by atoms with van der Waals surface area (Å²) in [6, 6.07) is 14.6. The SMILES string of the molecule is COc1ccc(CNC(=O)c2cc(N(C)c3ccco3)ccc2N2CCOCC2)cc1O. The molecule has 8 nitrogen and oxygen atoms in total. The largest absolute Gasteiger partial charge is 0.504 e. The van der Waals surface area contributed by atoms with Crippen LogP contribution in [0.5, 0.6) is 11.5 Å². The predicted molar refractivity (Wildman–Crippen MR) is 122 cm³/mol. The van der Waals surface area contributed by atoms with Gasteiger partial charge in [-0.15, -0.1) is 0 Å². The highest BCUT2D eigenvalue weighted by Gasteiger charge is 2.21. The Hall–Kier alpha value is -3.65.